The Hall–Kier alpha value is -0.850. The van der Waals surface area contributed by atoms with E-state index in [0.717, 1.165) is 37.5 Å². The molecule has 0 radical (unpaired) electrons. The Bertz CT molecular complexity index is 690. The lowest BCUT2D eigenvalue weighted by molar-refractivity contribution is -0.144. The van der Waals surface area contributed by atoms with E-state index in [1.165, 1.54) is 32.1 Å². The molecule has 0 unspecified atom stereocenters. The predicted octanol–water partition coefficient (Wildman–Crippen LogP) is 4.35. The second-order valence-electron chi connectivity index (χ2n) is 11.0. The van der Waals surface area contributed by atoms with Crippen molar-refractivity contribution in [3.05, 3.63) is 0 Å². The van der Waals surface area contributed by atoms with Crippen LogP contribution in [-0.4, -0.2) is 28.2 Å². The van der Waals surface area contributed by atoms with Crippen molar-refractivity contribution >= 4 is 5.78 Å². The molecule has 28 heavy (non-hydrogen) atoms. The van der Waals surface area contributed by atoms with Gasteiger partial charge in [-0.1, -0.05) is 25.7 Å². The Morgan fingerprint density at radius 3 is 2.46 bits per heavy atom. The molecule has 4 aliphatic carbocycles. The largest absolute Gasteiger partial charge is 0.395 e. The van der Waals surface area contributed by atoms with Crippen LogP contribution in [0.3, 0.4) is 0 Å². The zero-order valence-corrected chi connectivity index (χ0v) is 18.0. The molecule has 4 fully saturated rings. The van der Waals surface area contributed by atoms with Crippen LogP contribution in [0.1, 0.15) is 85.0 Å². The van der Waals surface area contributed by atoms with Crippen molar-refractivity contribution < 1.29 is 15.0 Å². The Balaban J connectivity index is 1.54. The van der Waals surface area contributed by atoms with E-state index in [1.54, 1.807) is 0 Å². The highest BCUT2D eigenvalue weighted by Gasteiger charge is 2.61. The lowest BCUT2D eigenvalue weighted by Gasteiger charge is -2.61. The summed E-state index contributed by atoms with van der Waals surface area (Å²) in [5, 5.41) is 20.0. The summed E-state index contributed by atoms with van der Waals surface area (Å²) in [4.78, 5) is 12.3. The van der Waals surface area contributed by atoms with Crippen LogP contribution in [-0.2, 0) is 4.79 Å². The third-order valence-electron chi connectivity index (χ3n) is 9.78. The zero-order chi connectivity index (χ0) is 20.2. The molecular weight excluding hydrogens is 348 g/mol. The Morgan fingerprint density at radius 2 is 1.75 bits per heavy atom. The van der Waals surface area contributed by atoms with Gasteiger partial charge in [-0.05, 0) is 99.2 Å². The van der Waals surface area contributed by atoms with Gasteiger partial charge in [-0.25, -0.2) is 0 Å². The molecule has 2 N–H and O–H groups in total. The lowest BCUT2D eigenvalue weighted by atomic mass is 9.44. The van der Waals surface area contributed by atoms with Crippen molar-refractivity contribution in [3.63, 3.8) is 0 Å². The number of carbonyl (C=O) groups is 1. The Morgan fingerprint density at radius 1 is 1.00 bits per heavy atom. The smallest absolute Gasteiger partial charge is 0.133 e. The third-order valence-corrected chi connectivity index (χ3v) is 9.78. The molecule has 0 amide bonds. The second kappa shape index (κ2) is 7.13. The maximum atomic E-state index is 12.3. The van der Waals surface area contributed by atoms with Gasteiger partial charge >= 0.3 is 0 Å². The monoisotopic (exact) mass is 386 g/mol. The van der Waals surface area contributed by atoms with E-state index >= 15 is 0 Å². The summed E-state index contributed by atoms with van der Waals surface area (Å²) in [6.07, 6.45) is 10.3. The normalized spacial score (nSPS) is 50.0. The quantitative estimate of drug-likeness (QED) is 0.694. The van der Waals surface area contributed by atoms with Crippen LogP contribution in [0.2, 0.25) is 0 Å². The molecule has 0 saturated heterocycles. The highest BCUT2D eigenvalue weighted by Crippen LogP contribution is 2.68. The number of hydrogen-bond donors (Lipinski definition) is 2. The number of Topliss-reactive ketones (excluding diaryl/α,β-unsaturated/α-hetero) is 1. The number of rotatable bonds is 2. The van der Waals surface area contributed by atoms with E-state index in [1.807, 2.05) is 6.92 Å². The van der Waals surface area contributed by atoms with E-state index in [9.17, 15) is 9.90 Å². The average Bonchev–Trinajstić information content (AvgIpc) is 3.00. The lowest BCUT2D eigenvalue weighted by Crippen LogP contribution is -2.56. The van der Waals surface area contributed by atoms with Gasteiger partial charge in [-0.15, -0.1) is 0 Å². The summed E-state index contributed by atoms with van der Waals surface area (Å²) in [5.41, 5.74) is -0.326. The fourth-order valence-corrected chi connectivity index (χ4v) is 8.31. The first-order chi connectivity index (χ1) is 13.2. The average molecular weight is 387 g/mol. The maximum absolute atomic E-state index is 12.3. The standard InChI is InChI=1S/C25H38O3/c1-17(27)20-8-9-21-19-7-6-18-16-25(28,11-4-5-15-26)14-13-23(18,2)22(19)10-12-24(20,21)3/h18-22,26,28H,5-10,12-16H2,1-3H3/t18-,19+,20-,21+,22+,23+,24-,25-/m1/s1. The first kappa shape index (κ1) is 20.4. The number of fused-ring (bicyclic) bond motifs is 5. The predicted molar refractivity (Wildman–Crippen MR) is 110 cm³/mol. The minimum absolute atomic E-state index is 0.0649. The van der Waals surface area contributed by atoms with Crippen molar-refractivity contribution in [3.8, 4) is 11.8 Å². The number of carbonyl (C=O) groups excluding carboxylic acids is 1. The maximum Gasteiger partial charge on any atom is 0.133 e. The van der Waals surface area contributed by atoms with E-state index in [4.69, 9.17) is 5.11 Å². The molecule has 0 spiro atoms. The molecule has 0 aromatic rings. The number of ketones is 1. The number of aliphatic hydroxyl groups excluding tert-OH is 1. The first-order valence-corrected chi connectivity index (χ1v) is 11.6. The summed E-state index contributed by atoms with van der Waals surface area (Å²) < 4.78 is 0. The third kappa shape index (κ3) is 3.07. The van der Waals surface area contributed by atoms with Gasteiger partial charge < -0.3 is 10.2 Å². The van der Waals surface area contributed by atoms with Crippen LogP contribution in [0, 0.1) is 52.3 Å². The summed E-state index contributed by atoms with van der Waals surface area (Å²) >= 11 is 0. The topological polar surface area (TPSA) is 57.5 Å². The first-order valence-electron chi connectivity index (χ1n) is 11.6. The number of aliphatic hydroxyl groups is 2. The van der Waals surface area contributed by atoms with Crippen molar-refractivity contribution in [1.29, 1.82) is 0 Å². The molecule has 0 aliphatic heterocycles. The molecule has 0 aromatic carbocycles. The zero-order valence-electron chi connectivity index (χ0n) is 18.0. The SMILES string of the molecule is CC(=O)[C@H]1CC[C@H]2[C@@H]3CC[C@@H]4C[C@@](O)(C#CCCO)CC[C@]4(C)[C@H]3CC[C@]12C. The van der Waals surface area contributed by atoms with Crippen LogP contribution >= 0.6 is 0 Å². The van der Waals surface area contributed by atoms with Gasteiger partial charge in [0, 0.05) is 12.3 Å². The van der Waals surface area contributed by atoms with Gasteiger partial charge in [0.1, 0.15) is 11.4 Å². The van der Waals surface area contributed by atoms with Crippen molar-refractivity contribution in [2.45, 2.75) is 90.6 Å². The molecular formula is C25H38O3. The molecule has 4 rings (SSSR count). The van der Waals surface area contributed by atoms with E-state index in [0.29, 0.717) is 29.5 Å². The van der Waals surface area contributed by atoms with Gasteiger partial charge in [-0.2, -0.15) is 0 Å². The van der Waals surface area contributed by atoms with Crippen LogP contribution in [0.4, 0.5) is 0 Å². The second-order valence-corrected chi connectivity index (χ2v) is 11.0. The Labute approximate surface area is 170 Å². The van der Waals surface area contributed by atoms with Crippen molar-refractivity contribution in [2.75, 3.05) is 6.61 Å². The molecule has 4 saturated carbocycles. The van der Waals surface area contributed by atoms with Crippen LogP contribution in [0.5, 0.6) is 0 Å². The highest BCUT2D eigenvalue weighted by atomic mass is 16.3. The molecule has 0 heterocycles. The van der Waals surface area contributed by atoms with Crippen LogP contribution < -0.4 is 0 Å². The van der Waals surface area contributed by atoms with E-state index in [2.05, 4.69) is 25.7 Å². The fourth-order valence-electron chi connectivity index (χ4n) is 8.31. The van der Waals surface area contributed by atoms with Crippen LogP contribution in [0.15, 0.2) is 0 Å². The summed E-state index contributed by atoms with van der Waals surface area (Å²) in [6.45, 7) is 6.78. The van der Waals surface area contributed by atoms with Crippen LogP contribution in [0.25, 0.3) is 0 Å². The van der Waals surface area contributed by atoms with Gasteiger partial charge in [0.15, 0.2) is 0 Å². The summed E-state index contributed by atoms with van der Waals surface area (Å²) in [6, 6.07) is 0. The summed E-state index contributed by atoms with van der Waals surface area (Å²) in [5.74, 6) is 9.52. The minimum Gasteiger partial charge on any atom is -0.395 e. The highest BCUT2D eigenvalue weighted by molar-refractivity contribution is 5.79. The molecule has 3 nitrogen and oxygen atoms in total. The van der Waals surface area contributed by atoms with Gasteiger partial charge in [0.05, 0.1) is 6.61 Å². The Kier molecular flexibility index (Phi) is 5.20. The van der Waals surface area contributed by atoms with Crippen molar-refractivity contribution in [2.24, 2.45) is 40.4 Å². The molecule has 0 aromatic heterocycles. The van der Waals surface area contributed by atoms with E-state index in [-0.39, 0.29) is 17.9 Å². The molecule has 3 heteroatoms. The molecule has 4 aliphatic rings. The molecule has 8 atom stereocenters. The van der Waals surface area contributed by atoms with Gasteiger partial charge in [0.25, 0.3) is 0 Å². The summed E-state index contributed by atoms with van der Waals surface area (Å²) in [7, 11) is 0. The molecule has 156 valence electrons. The molecule has 0 bridgehead atoms. The number of hydrogen-bond acceptors (Lipinski definition) is 3. The fraction of sp³-hybridized carbons (Fsp3) is 0.880. The van der Waals surface area contributed by atoms with Gasteiger partial charge in [-0.3, -0.25) is 4.79 Å². The minimum atomic E-state index is -0.859. The van der Waals surface area contributed by atoms with Gasteiger partial charge in [0.2, 0.25) is 0 Å². The van der Waals surface area contributed by atoms with Crippen molar-refractivity contribution in [1.82, 2.24) is 0 Å². The van der Waals surface area contributed by atoms with E-state index < -0.39 is 5.60 Å².